The van der Waals surface area contributed by atoms with Gasteiger partial charge in [-0.05, 0) is 55.0 Å². The van der Waals surface area contributed by atoms with Crippen LogP contribution in [0.25, 0.3) is 0 Å². The Morgan fingerprint density at radius 1 is 0.810 bits per heavy atom. The molecule has 0 spiro atoms. The van der Waals surface area contributed by atoms with E-state index < -0.39 is 0 Å². The van der Waals surface area contributed by atoms with Gasteiger partial charge in [0.25, 0.3) is 0 Å². The largest absolute Gasteiger partial charge is 0.154 e. The Morgan fingerprint density at radius 2 is 1.62 bits per heavy atom. The molecule has 0 atom stereocenters. The lowest BCUT2D eigenvalue weighted by molar-refractivity contribution is 0.758. The van der Waals surface area contributed by atoms with Crippen LogP contribution in [-0.4, -0.2) is 10.2 Å². The van der Waals surface area contributed by atoms with Crippen molar-refractivity contribution in [1.82, 2.24) is 10.2 Å². The van der Waals surface area contributed by atoms with Crippen molar-refractivity contribution in [1.29, 1.82) is 0 Å². The molecule has 2 heteroatoms. The molecule has 2 aromatic rings. The van der Waals surface area contributed by atoms with E-state index >= 15 is 0 Å². The predicted octanol–water partition coefficient (Wildman–Crippen LogP) is 4.17. The van der Waals surface area contributed by atoms with Crippen molar-refractivity contribution in [2.75, 3.05) is 0 Å². The van der Waals surface area contributed by atoms with Crippen molar-refractivity contribution in [2.45, 2.75) is 46.0 Å². The van der Waals surface area contributed by atoms with E-state index in [1.54, 1.807) is 0 Å². The molecule has 0 aliphatic heterocycles. The Balaban J connectivity index is 2.01. The Kier molecular flexibility index (Phi) is 5.97. The van der Waals surface area contributed by atoms with Gasteiger partial charge < -0.3 is 0 Å². The van der Waals surface area contributed by atoms with Crippen LogP contribution in [0.3, 0.4) is 0 Å². The summed E-state index contributed by atoms with van der Waals surface area (Å²) in [6.07, 6.45) is 5.63. The second-order valence-electron chi connectivity index (χ2n) is 5.21. The number of aromatic nitrogens is 2. The molecule has 21 heavy (non-hydrogen) atoms. The van der Waals surface area contributed by atoms with E-state index in [0.717, 1.165) is 36.2 Å². The molecule has 0 amide bonds. The van der Waals surface area contributed by atoms with Gasteiger partial charge in [0.15, 0.2) is 0 Å². The predicted molar refractivity (Wildman–Crippen MR) is 87.1 cm³/mol. The first-order chi connectivity index (χ1) is 10.3. The highest BCUT2D eigenvalue weighted by Gasteiger charge is 1.96. The molecule has 108 valence electrons. The van der Waals surface area contributed by atoms with Crippen LogP contribution in [0.1, 0.15) is 55.6 Å². The Labute approximate surface area is 127 Å². The van der Waals surface area contributed by atoms with Gasteiger partial charge >= 0.3 is 0 Å². The van der Waals surface area contributed by atoms with Crippen molar-refractivity contribution in [3.8, 4) is 11.8 Å². The second kappa shape index (κ2) is 8.21. The van der Waals surface area contributed by atoms with Crippen LogP contribution in [0.4, 0.5) is 0 Å². The van der Waals surface area contributed by atoms with Crippen LogP contribution in [0.5, 0.6) is 0 Å². The fraction of sp³-hybridized carbons (Fsp3) is 0.368. The summed E-state index contributed by atoms with van der Waals surface area (Å²) >= 11 is 0. The number of benzene rings is 1. The van der Waals surface area contributed by atoms with Gasteiger partial charge in [0.1, 0.15) is 5.69 Å². The minimum Gasteiger partial charge on any atom is -0.154 e. The maximum atomic E-state index is 4.21. The fourth-order valence-electron chi connectivity index (χ4n) is 2.10. The minimum atomic E-state index is 0.730. The van der Waals surface area contributed by atoms with E-state index in [-0.39, 0.29) is 0 Å². The lowest BCUT2D eigenvalue weighted by Gasteiger charge is -1.98. The molecule has 0 aliphatic carbocycles. The Bertz CT molecular complexity index is 601. The Morgan fingerprint density at radius 3 is 2.24 bits per heavy atom. The zero-order chi connectivity index (χ0) is 14.9. The summed E-state index contributed by atoms with van der Waals surface area (Å²) in [4.78, 5) is 0. The Hall–Kier alpha value is -2.14. The highest BCUT2D eigenvalue weighted by Crippen LogP contribution is 2.06. The summed E-state index contributed by atoms with van der Waals surface area (Å²) < 4.78 is 0. The third kappa shape index (κ3) is 5.04. The summed E-state index contributed by atoms with van der Waals surface area (Å²) in [6.45, 7) is 4.37. The van der Waals surface area contributed by atoms with Crippen molar-refractivity contribution in [2.24, 2.45) is 0 Å². The van der Waals surface area contributed by atoms with Crippen LogP contribution in [-0.2, 0) is 12.8 Å². The van der Waals surface area contributed by atoms with Crippen LogP contribution < -0.4 is 0 Å². The van der Waals surface area contributed by atoms with E-state index in [0.29, 0.717) is 0 Å². The van der Waals surface area contributed by atoms with Gasteiger partial charge in [-0.25, -0.2) is 0 Å². The molecule has 1 aromatic heterocycles. The number of aryl methyl sites for hydroxylation is 2. The summed E-state index contributed by atoms with van der Waals surface area (Å²) in [6, 6.07) is 12.4. The highest BCUT2D eigenvalue weighted by atomic mass is 15.1. The first kappa shape index (κ1) is 15.3. The van der Waals surface area contributed by atoms with Crippen LogP contribution in [0.15, 0.2) is 36.4 Å². The SMILES string of the molecule is CCCCc1ccc(C#Cc2ccc(CCC)cc2)nn1. The van der Waals surface area contributed by atoms with Crippen molar-refractivity contribution < 1.29 is 0 Å². The second-order valence-corrected chi connectivity index (χ2v) is 5.21. The molecule has 0 unspecified atom stereocenters. The van der Waals surface area contributed by atoms with Crippen LogP contribution in [0, 0.1) is 11.8 Å². The lowest BCUT2D eigenvalue weighted by Crippen LogP contribution is -1.94. The van der Waals surface area contributed by atoms with E-state index in [1.165, 1.54) is 18.4 Å². The zero-order valence-corrected chi connectivity index (χ0v) is 12.9. The van der Waals surface area contributed by atoms with E-state index in [1.807, 2.05) is 12.1 Å². The molecular weight excluding hydrogens is 256 g/mol. The summed E-state index contributed by atoms with van der Waals surface area (Å²) in [7, 11) is 0. The van der Waals surface area contributed by atoms with E-state index in [2.05, 4.69) is 60.2 Å². The van der Waals surface area contributed by atoms with Gasteiger partial charge in [0.2, 0.25) is 0 Å². The minimum absolute atomic E-state index is 0.730. The number of rotatable bonds is 5. The van der Waals surface area contributed by atoms with Gasteiger partial charge in [-0.1, -0.05) is 44.7 Å². The monoisotopic (exact) mass is 278 g/mol. The standard InChI is InChI=1S/C19H22N2/c1-3-5-7-18-14-15-19(21-20-18)13-12-17-10-8-16(6-4-2)9-11-17/h8-11,14-15H,3-7H2,1-2H3. The first-order valence-corrected chi connectivity index (χ1v) is 7.75. The summed E-state index contributed by atoms with van der Waals surface area (Å²) in [5, 5.41) is 8.38. The van der Waals surface area contributed by atoms with Gasteiger partial charge in [-0.2, -0.15) is 5.10 Å². The van der Waals surface area contributed by atoms with Gasteiger partial charge in [-0.3, -0.25) is 0 Å². The number of hydrogen-bond donors (Lipinski definition) is 0. The average Bonchev–Trinajstić information content (AvgIpc) is 2.53. The molecule has 1 heterocycles. The van der Waals surface area contributed by atoms with Crippen molar-refractivity contribution >= 4 is 0 Å². The normalized spacial score (nSPS) is 10.0. The van der Waals surface area contributed by atoms with E-state index in [4.69, 9.17) is 0 Å². The highest BCUT2D eigenvalue weighted by molar-refractivity contribution is 5.40. The van der Waals surface area contributed by atoms with Gasteiger partial charge in [0.05, 0.1) is 5.69 Å². The molecule has 1 aromatic carbocycles. The third-order valence-corrected chi connectivity index (χ3v) is 3.33. The number of unbranched alkanes of at least 4 members (excludes halogenated alkanes) is 1. The van der Waals surface area contributed by atoms with Crippen molar-refractivity contribution in [3.63, 3.8) is 0 Å². The van der Waals surface area contributed by atoms with Crippen molar-refractivity contribution in [3.05, 3.63) is 58.9 Å². The molecule has 0 aliphatic rings. The summed E-state index contributed by atoms with van der Waals surface area (Å²) in [5.41, 5.74) is 4.16. The quantitative estimate of drug-likeness (QED) is 0.767. The number of hydrogen-bond acceptors (Lipinski definition) is 2. The first-order valence-electron chi connectivity index (χ1n) is 7.75. The molecule has 0 bridgehead atoms. The molecule has 0 saturated heterocycles. The maximum absolute atomic E-state index is 4.21. The molecule has 2 rings (SSSR count). The van der Waals surface area contributed by atoms with Crippen LogP contribution in [0.2, 0.25) is 0 Å². The van der Waals surface area contributed by atoms with E-state index in [9.17, 15) is 0 Å². The smallest absolute Gasteiger partial charge is 0.136 e. The average molecular weight is 278 g/mol. The van der Waals surface area contributed by atoms with Crippen LogP contribution >= 0.6 is 0 Å². The molecular formula is C19H22N2. The molecule has 0 N–H and O–H groups in total. The lowest BCUT2D eigenvalue weighted by atomic mass is 10.1. The fourth-order valence-corrected chi connectivity index (χ4v) is 2.10. The summed E-state index contributed by atoms with van der Waals surface area (Å²) in [5.74, 6) is 6.21. The zero-order valence-electron chi connectivity index (χ0n) is 12.9. The topological polar surface area (TPSA) is 25.8 Å². The molecule has 0 saturated carbocycles. The van der Waals surface area contributed by atoms with Gasteiger partial charge in [0, 0.05) is 5.56 Å². The molecule has 0 fully saturated rings. The van der Waals surface area contributed by atoms with Gasteiger partial charge in [-0.15, -0.1) is 5.10 Å². The molecule has 2 nitrogen and oxygen atoms in total. The third-order valence-electron chi connectivity index (χ3n) is 3.33. The maximum Gasteiger partial charge on any atom is 0.136 e. The number of nitrogens with zero attached hydrogens (tertiary/aromatic N) is 2. The molecule has 0 radical (unpaired) electrons.